The quantitative estimate of drug-likeness (QED) is 0.591. The molecule has 2 aromatic rings. The molecule has 2 heterocycles. The summed E-state index contributed by atoms with van der Waals surface area (Å²) in [5, 5.41) is 8.46. The maximum atomic E-state index is 13.0. The lowest BCUT2D eigenvalue weighted by Crippen LogP contribution is -2.39. The van der Waals surface area contributed by atoms with Gasteiger partial charge in [0.15, 0.2) is 5.78 Å². The molecule has 0 bridgehead atoms. The zero-order valence-electron chi connectivity index (χ0n) is 14.5. The highest BCUT2D eigenvalue weighted by Crippen LogP contribution is 2.37. The summed E-state index contributed by atoms with van der Waals surface area (Å²) in [4.78, 5) is 16.2. The Balaban J connectivity index is 1.48. The summed E-state index contributed by atoms with van der Waals surface area (Å²) < 4.78 is 5.89. The van der Waals surface area contributed by atoms with Gasteiger partial charge in [-0.3, -0.25) is 4.79 Å². The van der Waals surface area contributed by atoms with Crippen molar-refractivity contribution in [3.05, 3.63) is 35.7 Å². The summed E-state index contributed by atoms with van der Waals surface area (Å²) in [5.74, 6) is 1.42. The van der Waals surface area contributed by atoms with E-state index < -0.39 is 0 Å². The third-order valence-electron chi connectivity index (χ3n) is 5.32. The first-order valence-corrected chi connectivity index (χ1v) is 10.2. The number of benzene rings is 1. The standard InChI is InChI=1S/C19H23N3O2S/c1-25-16-10-3-2-9-15(16)17(23)14-8-5-11-22(12-14)19-21-20-18(24-19)13-6-4-7-13/h2-3,9-10,13-14H,4-8,11-12H2,1H3. The molecule has 1 unspecified atom stereocenters. The molecular formula is C19H23N3O2S. The fraction of sp³-hybridized carbons (Fsp3) is 0.526. The molecule has 0 radical (unpaired) electrons. The van der Waals surface area contributed by atoms with E-state index in [1.165, 1.54) is 6.42 Å². The largest absolute Gasteiger partial charge is 0.408 e. The first-order chi connectivity index (χ1) is 12.3. The molecule has 4 rings (SSSR count). The minimum Gasteiger partial charge on any atom is -0.408 e. The number of carbonyl (C=O) groups is 1. The smallest absolute Gasteiger partial charge is 0.318 e. The number of anilines is 1. The first kappa shape index (κ1) is 16.6. The van der Waals surface area contributed by atoms with E-state index in [2.05, 4.69) is 15.1 Å². The molecule has 1 atom stereocenters. The lowest BCUT2D eigenvalue weighted by Gasteiger charge is -2.31. The van der Waals surface area contributed by atoms with Crippen LogP contribution in [0.1, 0.15) is 54.3 Å². The van der Waals surface area contributed by atoms with Gasteiger partial charge in [-0.25, -0.2) is 0 Å². The van der Waals surface area contributed by atoms with E-state index in [0.717, 1.165) is 48.6 Å². The molecule has 1 aliphatic carbocycles. The van der Waals surface area contributed by atoms with E-state index >= 15 is 0 Å². The number of hydrogen-bond acceptors (Lipinski definition) is 6. The molecule has 2 fully saturated rings. The second kappa shape index (κ2) is 7.20. The molecule has 132 valence electrons. The topological polar surface area (TPSA) is 59.2 Å². The number of carbonyl (C=O) groups excluding carboxylic acids is 1. The zero-order valence-corrected chi connectivity index (χ0v) is 15.3. The molecule has 1 aliphatic heterocycles. The minimum atomic E-state index is -0.0129. The number of aromatic nitrogens is 2. The van der Waals surface area contributed by atoms with Gasteiger partial charge >= 0.3 is 6.01 Å². The van der Waals surface area contributed by atoms with Gasteiger partial charge in [-0.15, -0.1) is 16.9 Å². The Kier molecular flexibility index (Phi) is 4.79. The summed E-state index contributed by atoms with van der Waals surface area (Å²) in [5.41, 5.74) is 0.836. The van der Waals surface area contributed by atoms with Crippen molar-refractivity contribution in [3.8, 4) is 0 Å². The number of thioether (sulfide) groups is 1. The van der Waals surface area contributed by atoms with Gasteiger partial charge in [-0.05, 0) is 38.0 Å². The molecule has 25 heavy (non-hydrogen) atoms. The molecule has 1 aromatic carbocycles. The maximum Gasteiger partial charge on any atom is 0.318 e. The number of ketones is 1. The van der Waals surface area contributed by atoms with Crippen LogP contribution in [-0.2, 0) is 0 Å². The van der Waals surface area contributed by atoms with Gasteiger partial charge < -0.3 is 9.32 Å². The van der Waals surface area contributed by atoms with Crippen molar-refractivity contribution < 1.29 is 9.21 Å². The number of hydrogen-bond donors (Lipinski definition) is 0. The van der Waals surface area contributed by atoms with Crippen LogP contribution in [0, 0.1) is 5.92 Å². The lowest BCUT2D eigenvalue weighted by atomic mass is 9.85. The van der Waals surface area contributed by atoms with Crippen LogP contribution in [0.25, 0.3) is 0 Å². The third kappa shape index (κ3) is 3.32. The number of Topliss-reactive ketones (excluding diaryl/α,β-unsaturated/α-hetero) is 1. The fourth-order valence-corrected chi connectivity index (χ4v) is 4.21. The van der Waals surface area contributed by atoms with E-state index in [1.54, 1.807) is 11.8 Å². The van der Waals surface area contributed by atoms with Crippen molar-refractivity contribution in [1.82, 2.24) is 10.2 Å². The predicted octanol–water partition coefficient (Wildman–Crippen LogP) is 4.16. The van der Waals surface area contributed by atoms with Gasteiger partial charge in [0.1, 0.15) is 0 Å². The summed E-state index contributed by atoms with van der Waals surface area (Å²) in [7, 11) is 0. The zero-order chi connectivity index (χ0) is 17.2. The Morgan fingerprint density at radius 1 is 1.20 bits per heavy atom. The predicted molar refractivity (Wildman–Crippen MR) is 98.4 cm³/mol. The van der Waals surface area contributed by atoms with Crippen LogP contribution < -0.4 is 4.90 Å². The van der Waals surface area contributed by atoms with E-state index in [0.29, 0.717) is 18.5 Å². The van der Waals surface area contributed by atoms with Crippen molar-refractivity contribution in [2.45, 2.75) is 42.9 Å². The van der Waals surface area contributed by atoms with Crippen LogP contribution in [0.4, 0.5) is 6.01 Å². The average Bonchev–Trinajstić information content (AvgIpc) is 3.09. The minimum absolute atomic E-state index is 0.0129. The second-order valence-corrected chi connectivity index (χ2v) is 7.75. The summed E-state index contributed by atoms with van der Waals surface area (Å²) >= 11 is 1.63. The molecule has 1 aromatic heterocycles. The third-order valence-corrected chi connectivity index (χ3v) is 6.12. The molecule has 2 aliphatic rings. The highest BCUT2D eigenvalue weighted by Gasteiger charge is 2.31. The maximum absolute atomic E-state index is 13.0. The Labute approximate surface area is 152 Å². The Morgan fingerprint density at radius 2 is 2.04 bits per heavy atom. The van der Waals surface area contributed by atoms with Gasteiger partial charge in [-0.1, -0.05) is 29.7 Å². The van der Waals surface area contributed by atoms with Gasteiger partial charge in [0.2, 0.25) is 5.89 Å². The van der Waals surface area contributed by atoms with Gasteiger partial charge in [0, 0.05) is 35.4 Å². The van der Waals surface area contributed by atoms with E-state index in [9.17, 15) is 4.79 Å². The van der Waals surface area contributed by atoms with Crippen LogP contribution in [0.5, 0.6) is 0 Å². The van der Waals surface area contributed by atoms with Gasteiger partial charge in [-0.2, -0.15) is 0 Å². The fourth-order valence-electron chi connectivity index (χ4n) is 3.61. The highest BCUT2D eigenvalue weighted by molar-refractivity contribution is 7.98. The van der Waals surface area contributed by atoms with Crippen molar-refractivity contribution in [3.63, 3.8) is 0 Å². The van der Waals surface area contributed by atoms with E-state index in [1.807, 2.05) is 30.5 Å². The Hall–Kier alpha value is -1.82. The van der Waals surface area contributed by atoms with Crippen molar-refractivity contribution in [2.24, 2.45) is 5.92 Å². The highest BCUT2D eigenvalue weighted by atomic mass is 32.2. The van der Waals surface area contributed by atoms with Gasteiger partial charge in [0.05, 0.1) is 0 Å². The molecule has 0 N–H and O–H groups in total. The van der Waals surface area contributed by atoms with Crippen LogP contribution in [-0.4, -0.2) is 35.3 Å². The van der Waals surface area contributed by atoms with Crippen molar-refractivity contribution >= 4 is 23.6 Å². The van der Waals surface area contributed by atoms with Crippen LogP contribution in [0.2, 0.25) is 0 Å². The molecule has 0 spiro atoms. The van der Waals surface area contributed by atoms with Crippen molar-refractivity contribution in [1.29, 1.82) is 0 Å². The molecule has 5 nitrogen and oxygen atoms in total. The van der Waals surface area contributed by atoms with Crippen LogP contribution in [0.3, 0.4) is 0 Å². The van der Waals surface area contributed by atoms with E-state index in [4.69, 9.17) is 4.42 Å². The van der Waals surface area contributed by atoms with Gasteiger partial charge in [0.25, 0.3) is 0 Å². The second-order valence-electron chi connectivity index (χ2n) is 6.90. The summed E-state index contributed by atoms with van der Waals surface area (Å²) in [6.45, 7) is 1.54. The Bertz CT molecular complexity index is 757. The molecular weight excluding hydrogens is 334 g/mol. The summed E-state index contributed by atoms with van der Waals surface area (Å²) in [6.07, 6.45) is 7.44. The first-order valence-electron chi connectivity index (χ1n) is 9.02. The average molecular weight is 357 g/mol. The normalized spacial score (nSPS) is 21.2. The monoisotopic (exact) mass is 357 g/mol. The number of rotatable bonds is 5. The van der Waals surface area contributed by atoms with Crippen LogP contribution >= 0.6 is 11.8 Å². The molecule has 1 saturated heterocycles. The summed E-state index contributed by atoms with van der Waals surface area (Å²) in [6, 6.07) is 8.46. The lowest BCUT2D eigenvalue weighted by molar-refractivity contribution is 0.0903. The SMILES string of the molecule is CSc1ccccc1C(=O)C1CCCN(c2nnc(C3CCC3)o2)C1. The molecule has 1 saturated carbocycles. The Morgan fingerprint density at radius 3 is 2.80 bits per heavy atom. The van der Waals surface area contributed by atoms with E-state index in [-0.39, 0.29) is 11.7 Å². The number of nitrogens with zero attached hydrogens (tertiary/aromatic N) is 3. The number of piperidine rings is 1. The van der Waals surface area contributed by atoms with Crippen molar-refractivity contribution in [2.75, 3.05) is 24.2 Å². The van der Waals surface area contributed by atoms with Crippen LogP contribution in [0.15, 0.2) is 33.6 Å². The molecule has 0 amide bonds. The molecule has 6 heteroatoms.